The minimum absolute atomic E-state index is 0.114. The maximum Gasteiger partial charge on any atom is 0.269 e. The summed E-state index contributed by atoms with van der Waals surface area (Å²) in [6.45, 7) is 10.4. The number of hydrogen-bond acceptors (Lipinski definition) is 2. The Balaban J connectivity index is 1.98. The lowest BCUT2D eigenvalue weighted by molar-refractivity contribution is -0.384. The summed E-state index contributed by atoms with van der Waals surface area (Å²) in [6, 6.07) is 23.5. The molecule has 0 aromatic heterocycles. The van der Waals surface area contributed by atoms with E-state index in [9.17, 15) is 10.1 Å². The minimum atomic E-state index is -0.368. The van der Waals surface area contributed by atoms with Gasteiger partial charge in [-0.25, -0.2) is 0 Å². The van der Waals surface area contributed by atoms with Crippen LogP contribution in [0, 0.1) is 17.0 Å². The van der Waals surface area contributed by atoms with Crippen molar-refractivity contribution in [1.82, 2.24) is 0 Å². The summed E-state index contributed by atoms with van der Waals surface area (Å²) in [7, 11) is 0. The van der Waals surface area contributed by atoms with Gasteiger partial charge in [0.15, 0.2) is 0 Å². The smallest absolute Gasteiger partial charge is 0.258 e. The number of hydrogen-bond donors (Lipinski definition) is 0. The molecule has 146 valence electrons. The maximum absolute atomic E-state index is 10.9. The zero-order valence-electron chi connectivity index (χ0n) is 16.7. The van der Waals surface area contributed by atoms with Gasteiger partial charge in [-0.05, 0) is 53.5 Å². The SMILES string of the molecule is C=CCC(Cc1ccc([N+](=O)[O-])cc1)c1cc(C)ccc1C(=C)c1ccccc1. The first-order chi connectivity index (χ1) is 14.0. The van der Waals surface area contributed by atoms with Gasteiger partial charge in [0.25, 0.3) is 5.69 Å². The largest absolute Gasteiger partial charge is 0.269 e. The molecule has 29 heavy (non-hydrogen) atoms. The molecule has 0 aliphatic heterocycles. The second-order valence-corrected chi connectivity index (χ2v) is 7.28. The van der Waals surface area contributed by atoms with Gasteiger partial charge in [-0.15, -0.1) is 6.58 Å². The maximum atomic E-state index is 10.9. The van der Waals surface area contributed by atoms with Gasteiger partial charge in [0, 0.05) is 12.1 Å². The van der Waals surface area contributed by atoms with Gasteiger partial charge >= 0.3 is 0 Å². The molecule has 0 saturated carbocycles. The van der Waals surface area contributed by atoms with Crippen molar-refractivity contribution in [3.8, 4) is 0 Å². The molecule has 0 fully saturated rings. The van der Waals surface area contributed by atoms with Crippen molar-refractivity contribution in [3.63, 3.8) is 0 Å². The number of benzene rings is 3. The van der Waals surface area contributed by atoms with Gasteiger partial charge in [0.1, 0.15) is 0 Å². The van der Waals surface area contributed by atoms with E-state index in [0.29, 0.717) is 0 Å². The predicted molar refractivity (Wildman–Crippen MR) is 120 cm³/mol. The van der Waals surface area contributed by atoms with Crippen LogP contribution in [0.4, 0.5) is 5.69 Å². The molecule has 0 saturated heterocycles. The molecule has 1 unspecified atom stereocenters. The van der Waals surface area contributed by atoms with Crippen LogP contribution in [0.25, 0.3) is 5.57 Å². The molecule has 1 atom stereocenters. The second kappa shape index (κ2) is 9.16. The molecule has 3 nitrogen and oxygen atoms in total. The van der Waals surface area contributed by atoms with Crippen LogP contribution in [0.2, 0.25) is 0 Å². The topological polar surface area (TPSA) is 43.1 Å². The average Bonchev–Trinajstić information content (AvgIpc) is 2.74. The number of allylic oxidation sites excluding steroid dienone is 1. The van der Waals surface area contributed by atoms with Crippen molar-refractivity contribution in [2.24, 2.45) is 0 Å². The Labute approximate surface area is 172 Å². The number of non-ortho nitro benzene ring substituents is 1. The Bertz CT molecular complexity index is 1020. The molecule has 3 aromatic rings. The fourth-order valence-corrected chi connectivity index (χ4v) is 3.65. The molecule has 3 aromatic carbocycles. The van der Waals surface area contributed by atoms with E-state index in [2.05, 4.69) is 50.4 Å². The number of nitro benzene ring substituents is 1. The van der Waals surface area contributed by atoms with Gasteiger partial charge in [0.2, 0.25) is 0 Å². The molecule has 0 heterocycles. The third kappa shape index (κ3) is 4.88. The quantitative estimate of drug-likeness (QED) is 0.242. The average molecular weight is 383 g/mol. The van der Waals surface area contributed by atoms with E-state index >= 15 is 0 Å². The standard InChI is InChI=1S/C26H25NO2/c1-4-8-23(18-21-12-14-24(15-13-21)27(28)29)26-17-19(2)11-16-25(26)20(3)22-9-6-5-7-10-22/h4-7,9-17,23H,1,3,8,18H2,2H3. The second-order valence-electron chi connectivity index (χ2n) is 7.28. The highest BCUT2D eigenvalue weighted by Crippen LogP contribution is 2.34. The zero-order valence-corrected chi connectivity index (χ0v) is 16.7. The first kappa shape index (κ1) is 20.3. The van der Waals surface area contributed by atoms with Crippen molar-refractivity contribution in [2.45, 2.75) is 25.7 Å². The Kier molecular flexibility index (Phi) is 6.40. The Morgan fingerprint density at radius 1 is 1.07 bits per heavy atom. The summed E-state index contributed by atoms with van der Waals surface area (Å²) >= 11 is 0. The molecule has 0 aliphatic carbocycles. The molecule has 0 amide bonds. The van der Waals surface area contributed by atoms with Crippen LogP contribution in [0.5, 0.6) is 0 Å². The summed E-state index contributed by atoms with van der Waals surface area (Å²) in [4.78, 5) is 10.6. The minimum Gasteiger partial charge on any atom is -0.258 e. The number of nitrogens with zero attached hydrogens (tertiary/aromatic N) is 1. The number of nitro groups is 1. The summed E-state index contributed by atoms with van der Waals surface area (Å²) in [6.07, 6.45) is 3.53. The summed E-state index contributed by atoms with van der Waals surface area (Å²) in [5, 5.41) is 10.9. The Morgan fingerprint density at radius 3 is 2.38 bits per heavy atom. The zero-order chi connectivity index (χ0) is 20.8. The normalized spacial score (nSPS) is 11.6. The predicted octanol–water partition coefficient (Wildman–Crippen LogP) is 6.87. The molecular formula is C26H25NO2. The van der Waals surface area contributed by atoms with E-state index < -0.39 is 0 Å². The van der Waals surface area contributed by atoms with Crippen LogP contribution < -0.4 is 0 Å². The Hall–Kier alpha value is -3.46. The number of aryl methyl sites for hydroxylation is 1. The monoisotopic (exact) mass is 383 g/mol. The molecule has 3 rings (SSSR count). The van der Waals surface area contributed by atoms with Gasteiger partial charge in [-0.1, -0.05) is 78.9 Å². The molecule has 0 aliphatic rings. The van der Waals surface area contributed by atoms with E-state index in [0.717, 1.165) is 35.1 Å². The summed E-state index contributed by atoms with van der Waals surface area (Å²) in [5.41, 5.74) is 6.85. The van der Waals surface area contributed by atoms with Crippen LogP contribution in [0.1, 0.15) is 40.2 Å². The first-order valence-corrected chi connectivity index (χ1v) is 9.69. The highest BCUT2D eigenvalue weighted by Gasteiger charge is 2.18. The lowest BCUT2D eigenvalue weighted by atomic mass is 9.82. The summed E-state index contributed by atoms with van der Waals surface area (Å²) in [5.74, 6) is 0.212. The lowest BCUT2D eigenvalue weighted by Crippen LogP contribution is -2.07. The van der Waals surface area contributed by atoms with E-state index in [1.54, 1.807) is 12.1 Å². The Morgan fingerprint density at radius 2 is 1.76 bits per heavy atom. The molecule has 0 N–H and O–H groups in total. The molecule has 0 radical (unpaired) electrons. The first-order valence-electron chi connectivity index (χ1n) is 9.69. The van der Waals surface area contributed by atoms with Crippen LogP contribution in [0.3, 0.4) is 0 Å². The van der Waals surface area contributed by atoms with Gasteiger partial charge in [-0.2, -0.15) is 0 Å². The van der Waals surface area contributed by atoms with Crippen LogP contribution in [0.15, 0.2) is 92.0 Å². The third-order valence-corrected chi connectivity index (χ3v) is 5.17. The number of rotatable bonds is 8. The van der Waals surface area contributed by atoms with E-state index in [1.807, 2.05) is 36.4 Å². The molecule has 0 spiro atoms. The van der Waals surface area contributed by atoms with Gasteiger partial charge < -0.3 is 0 Å². The van der Waals surface area contributed by atoms with Crippen LogP contribution >= 0.6 is 0 Å². The highest BCUT2D eigenvalue weighted by molar-refractivity contribution is 5.80. The van der Waals surface area contributed by atoms with Crippen molar-refractivity contribution < 1.29 is 4.92 Å². The summed E-state index contributed by atoms with van der Waals surface area (Å²) < 4.78 is 0. The highest BCUT2D eigenvalue weighted by atomic mass is 16.6. The molecule has 3 heteroatoms. The fourth-order valence-electron chi connectivity index (χ4n) is 3.65. The van der Waals surface area contributed by atoms with E-state index in [-0.39, 0.29) is 16.5 Å². The van der Waals surface area contributed by atoms with Crippen molar-refractivity contribution in [2.75, 3.05) is 0 Å². The fraction of sp³-hybridized carbons (Fsp3) is 0.154. The molecule has 0 bridgehead atoms. The van der Waals surface area contributed by atoms with Gasteiger partial charge in [-0.3, -0.25) is 10.1 Å². The van der Waals surface area contributed by atoms with Crippen molar-refractivity contribution >= 4 is 11.3 Å². The lowest BCUT2D eigenvalue weighted by Gasteiger charge is -2.22. The van der Waals surface area contributed by atoms with E-state index in [1.165, 1.54) is 11.1 Å². The van der Waals surface area contributed by atoms with Crippen molar-refractivity contribution in [3.05, 3.63) is 130 Å². The third-order valence-electron chi connectivity index (χ3n) is 5.17. The molecular weight excluding hydrogens is 358 g/mol. The van der Waals surface area contributed by atoms with Crippen LogP contribution in [-0.4, -0.2) is 4.92 Å². The van der Waals surface area contributed by atoms with Crippen LogP contribution in [-0.2, 0) is 6.42 Å². The van der Waals surface area contributed by atoms with Crippen molar-refractivity contribution in [1.29, 1.82) is 0 Å². The van der Waals surface area contributed by atoms with E-state index in [4.69, 9.17) is 0 Å². The van der Waals surface area contributed by atoms with Gasteiger partial charge in [0.05, 0.1) is 4.92 Å².